The van der Waals surface area contributed by atoms with Gasteiger partial charge in [-0.15, -0.1) is 0 Å². The predicted octanol–water partition coefficient (Wildman–Crippen LogP) is 1.40. The van der Waals surface area contributed by atoms with E-state index in [1.54, 1.807) is 0 Å². The second-order valence-corrected chi connectivity index (χ2v) is 5.27. The molecule has 0 aromatic heterocycles. The fourth-order valence-corrected chi connectivity index (χ4v) is 1.58. The first-order valence-electron chi connectivity index (χ1n) is 5.35. The Hall–Kier alpha value is -1.06. The van der Waals surface area contributed by atoms with Gasteiger partial charge in [-0.05, 0) is 18.3 Å². The third-order valence-corrected chi connectivity index (χ3v) is 2.88. The van der Waals surface area contributed by atoms with Gasteiger partial charge in [-0.1, -0.05) is 27.2 Å². The van der Waals surface area contributed by atoms with E-state index in [-0.39, 0.29) is 11.8 Å². The average molecular weight is 213 g/mol. The van der Waals surface area contributed by atoms with Crippen molar-refractivity contribution in [2.45, 2.75) is 46.1 Å². The van der Waals surface area contributed by atoms with Gasteiger partial charge in [0, 0.05) is 5.92 Å². The molecule has 1 amide bonds. The van der Waals surface area contributed by atoms with Crippen LogP contribution < -0.4 is 5.32 Å². The Morgan fingerprint density at radius 3 is 2.13 bits per heavy atom. The van der Waals surface area contributed by atoms with E-state index in [9.17, 15) is 9.59 Å². The molecule has 0 radical (unpaired) electrons. The Bertz CT molecular complexity index is 263. The van der Waals surface area contributed by atoms with Crippen LogP contribution in [0.2, 0.25) is 0 Å². The minimum atomic E-state index is -0.963. The molecule has 1 aliphatic rings. The molecule has 0 aromatic rings. The molecule has 1 rings (SSSR count). The number of rotatable bonds is 3. The number of carboxylic acids is 1. The molecule has 0 unspecified atom stereocenters. The zero-order valence-corrected chi connectivity index (χ0v) is 9.54. The van der Waals surface area contributed by atoms with Crippen molar-refractivity contribution < 1.29 is 14.7 Å². The first-order chi connectivity index (χ1) is 6.82. The van der Waals surface area contributed by atoms with Crippen LogP contribution in [-0.4, -0.2) is 23.0 Å². The average Bonchev–Trinajstić information content (AvgIpc) is 1.93. The number of carbonyl (C=O) groups is 2. The highest BCUT2D eigenvalue weighted by molar-refractivity contribution is 5.85. The summed E-state index contributed by atoms with van der Waals surface area (Å²) in [6, 6.07) is -0.800. The van der Waals surface area contributed by atoms with Crippen LogP contribution in [0.4, 0.5) is 0 Å². The molecule has 0 spiro atoms. The largest absolute Gasteiger partial charge is 0.480 e. The maximum atomic E-state index is 11.6. The van der Waals surface area contributed by atoms with E-state index in [4.69, 9.17) is 5.11 Å². The number of hydrogen-bond acceptors (Lipinski definition) is 2. The number of carbonyl (C=O) groups excluding carboxylic acids is 1. The summed E-state index contributed by atoms with van der Waals surface area (Å²) >= 11 is 0. The van der Waals surface area contributed by atoms with Gasteiger partial charge >= 0.3 is 5.97 Å². The predicted molar refractivity (Wildman–Crippen MR) is 56.4 cm³/mol. The molecule has 0 heterocycles. The van der Waals surface area contributed by atoms with Gasteiger partial charge in [0.15, 0.2) is 0 Å². The van der Waals surface area contributed by atoms with E-state index in [0.717, 1.165) is 19.3 Å². The van der Waals surface area contributed by atoms with Crippen LogP contribution in [0.3, 0.4) is 0 Å². The van der Waals surface area contributed by atoms with Crippen LogP contribution in [0.1, 0.15) is 40.0 Å². The molecule has 4 heteroatoms. The van der Waals surface area contributed by atoms with Gasteiger partial charge in [0.1, 0.15) is 6.04 Å². The van der Waals surface area contributed by atoms with Crippen LogP contribution in [-0.2, 0) is 9.59 Å². The first-order valence-corrected chi connectivity index (χ1v) is 5.35. The van der Waals surface area contributed by atoms with Crippen molar-refractivity contribution in [2.24, 2.45) is 11.3 Å². The third-order valence-electron chi connectivity index (χ3n) is 2.88. The van der Waals surface area contributed by atoms with Crippen molar-refractivity contribution in [1.29, 1.82) is 0 Å². The van der Waals surface area contributed by atoms with Gasteiger partial charge in [-0.25, -0.2) is 4.79 Å². The van der Waals surface area contributed by atoms with Gasteiger partial charge in [0.05, 0.1) is 0 Å². The van der Waals surface area contributed by atoms with Crippen molar-refractivity contribution in [3.05, 3.63) is 0 Å². The minimum absolute atomic E-state index is 0.0363. The Kier molecular flexibility index (Phi) is 3.37. The highest BCUT2D eigenvalue weighted by Crippen LogP contribution is 2.27. The summed E-state index contributed by atoms with van der Waals surface area (Å²) in [5.41, 5.74) is -0.453. The monoisotopic (exact) mass is 213 g/mol. The standard InChI is InChI=1S/C11H19NO3/c1-11(2,3)8(10(14)15)12-9(13)7-5-4-6-7/h7-8H,4-6H2,1-3H3,(H,12,13)(H,14,15)/t8-/m1/s1. The van der Waals surface area contributed by atoms with Crippen LogP contribution in [0.25, 0.3) is 0 Å². The number of nitrogens with one attached hydrogen (secondary N) is 1. The van der Waals surface area contributed by atoms with Crippen molar-refractivity contribution in [3.8, 4) is 0 Å². The molecule has 1 fully saturated rings. The van der Waals surface area contributed by atoms with Crippen molar-refractivity contribution in [2.75, 3.05) is 0 Å². The van der Waals surface area contributed by atoms with Gasteiger partial charge < -0.3 is 10.4 Å². The molecule has 2 N–H and O–H groups in total. The number of carboxylic acid groups (broad SMARTS) is 1. The summed E-state index contributed by atoms with van der Waals surface area (Å²) in [6.07, 6.45) is 2.86. The SMILES string of the molecule is CC(C)(C)[C@H](NC(=O)C1CCC1)C(=O)O. The third kappa shape index (κ3) is 2.94. The number of hydrogen-bond donors (Lipinski definition) is 2. The molecule has 86 valence electrons. The smallest absolute Gasteiger partial charge is 0.326 e. The molecule has 1 atom stereocenters. The number of amides is 1. The zero-order chi connectivity index (χ0) is 11.6. The minimum Gasteiger partial charge on any atom is -0.480 e. The fourth-order valence-electron chi connectivity index (χ4n) is 1.58. The Morgan fingerprint density at radius 2 is 1.87 bits per heavy atom. The summed E-state index contributed by atoms with van der Waals surface area (Å²) in [5.74, 6) is -1.03. The van der Waals surface area contributed by atoms with Crippen LogP contribution in [0.15, 0.2) is 0 Å². The van der Waals surface area contributed by atoms with Gasteiger partial charge in [0.25, 0.3) is 0 Å². The summed E-state index contributed by atoms with van der Waals surface area (Å²) in [4.78, 5) is 22.6. The maximum absolute atomic E-state index is 11.6. The van der Waals surface area contributed by atoms with Crippen LogP contribution in [0.5, 0.6) is 0 Å². The molecule has 0 bridgehead atoms. The number of aliphatic carboxylic acids is 1. The van der Waals surface area contributed by atoms with Crippen molar-refractivity contribution >= 4 is 11.9 Å². The lowest BCUT2D eigenvalue weighted by Crippen LogP contribution is -2.51. The summed E-state index contributed by atoms with van der Waals surface area (Å²) in [5, 5.41) is 11.6. The van der Waals surface area contributed by atoms with E-state index in [0.29, 0.717) is 0 Å². The van der Waals surface area contributed by atoms with Gasteiger partial charge in [-0.3, -0.25) is 4.79 Å². The van der Waals surface area contributed by atoms with Crippen LogP contribution >= 0.6 is 0 Å². The Labute approximate surface area is 90.0 Å². The van der Waals surface area contributed by atoms with E-state index in [2.05, 4.69) is 5.32 Å². The molecule has 1 saturated carbocycles. The lowest BCUT2D eigenvalue weighted by Gasteiger charge is -2.31. The van der Waals surface area contributed by atoms with Gasteiger partial charge in [0.2, 0.25) is 5.91 Å². The lowest BCUT2D eigenvalue weighted by molar-refractivity contribution is -0.146. The van der Waals surface area contributed by atoms with Crippen molar-refractivity contribution in [3.63, 3.8) is 0 Å². The van der Waals surface area contributed by atoms with E-state index in [1.165, 1.54) is 0 Å². The van der Waals surface area contributed by atoms with E-state index >= 15 is 0 Å². The summed E-state index contributed by atoms with van der Waals surface area (Å²) < 4.78 is 0. The van der Waals surface area contributed by atoms with E-state index in [1.807, 2.05) is 20.8 Å². The topological polar surface area (TPSA) is 66.4 Å². The molecule has 0 aromatic carbocycles. The first kappa shape index (κ1) is 12.0. The van der Waals surface area contributed by atoms with E-state index < -0.39 is 17.4 Å². The highest BCUT2D eigenvalue weighted by atomic mass is 16.4. The highest BCUT2D eigenvalue weighted by Gasteiger charge is 2.35. The molecule has 0 saturated heterocycles. The normalized spacial score (nSPS) is 19.1. The lowest BCUT2D eigenvalue weighted by atomic mass is 9.82. The summed E-state index contributed by atoms with van der Waals surface area (Å²) in [6.45, 7) is 5.44. The zero-order valence-electron chi connectivity index (χ0n) is 9.54. The molecular formula is C11H19NO3. The fraction of sp³-hybridized carbons (Fsp3) is 0.818. The van der Waals surface area contributed by atoms with Crippen LogP contribution in [0, 0.1) is 11.3 Å². The Morgan fingerprint density at radius 1 is 1.33 bits per heavy atom. The molecule has 15 heavy (non-hydrogen) atoms. The van der Waals surface area contributed by atoms with Crippen molar-refractivity contribution in [1.82, 2.24) is 5.32 Å². The molecule has 4 nitrogen and oxygen atoms in total. The van der Waals surface area contributed by atoms with Gasteiger partial charge in [-0.2, -0.15) is 0 Å². The molecule has 0 aliphatic heterocycles. The Balaban J connectivity index is 2.58. The second kappa shape index (κ2) is 4.21. The molecular weight excluding hydrogens is 194 g/mol. The maximum Gasteiger partial charge on any atom is 0.326 e. The quantitative estimate of drug-likeness (QED) is 0.744. The summed E-state index contributed by atoms with van der Waals surface area (Å²) in [7, 11) is 0. The second-order valence-electron chi connectivity index (χ2n) is 5.27. The molecule has 1 aliphatic carbocycles.